The Kier molecular flexibility index (Phi) is 14.2. The number of carbonyl (C=O) groups excluding carboxylic acids is 4. The number of alkyl carbamates (subject to hydrolysis) is 1. The van der Waals surface area contributed by atoms with Crippen molar-refractivity contribution in [1.82, 2.24) is 16.0 Å². The first-order chi connectivity index (χ1) is 21.8. The Morgan fingerprint density at radius 2 is 1.34 bits per heavy atom. The summed E-state index contributed by atoms with van der Waals surface area (Å²) in [5, 5.41) is 17.3. The third-order valence-corrected chi connectivity index (χ3v) is 6.53. The van der Waals surface area contributed by atoms with Gasteiger partial charge < -0.3 is 35.3 Å². The standard InChI is InChI=1S/C35H49N3O9/c1-22(2)29(32(42)43)38-30(40)26(18-19-28(39)47-35(6,7)8)36-31(41)27(37-33(44)45-21-24-12-10-9-11-13-24)20-23-14-16-25(17-15-23)46-34(3,4)5/h9-17,22,26-27,29H,18-21H2,1-8H3,(H,36,41)(H,37,44)(H,38,40)(H,42,43)/t26-,27-,29-/m0/s1. The Balaban J connectivity index is 2.31. The molecule has 0 bridgehead atoms. The monoisotopic (exact) mass is 655 g/mol. The lowest BCUT2D eigenvalue weighted by Crippen LogP contribution is -2.57. The molecule has 0 aliphatic carbocycles. The number of carboxylic acids is 1. The van der Waals surface area contributed by atoms with Crippen molar-refractivity contribution in [3.63, 3.8) is 0 Å². The van der Waals surface area contributed by atoms with Gasteiger partial charge in [-0.1, -0.05) is 56.3 Å². The molecule has 2 rings (SSSR count). The summed E-state index contributed by atoms with van der Waals surface area (Å²) in [5.41, 5.74) is 0.232. The largest absolute Gasteiger partial charge is 0.488 e. The third kappa shape index (κ3) is 15.0. The van der Waals surface area contributed by atoms with Crippen LogP contribution < -0.4 is 20.7 Å². The maximum atomic E-state index is 13.7. The smallest absolute Gasteiger partial charge is 0.408 e. The number of ether oxygens (including phenoxy) is 3. The summed E-state index contributed by atoms with van der Waals surface area (Å²) in [7, 11) is 0. The third-order valence-electron chi connectivity index (χ3n) is 6.53. The molecular weight excluding hydrogens is 606 g/mol. The minimum Gasteiger partial charge on any atom is -0.488 e. The molecule has 12 nitrogen and oxygen atoms in total. The highest BCUT2D eigenvalue weighted by Gasteiger charge is 2.32. The number of hydrogen-bond donors (Lipinski definition) is 4. The molecular formula is C35H49N3O9. The van der Waals surface area contributed by atoms with Gasteiger partial charge in [0.25, 0.3) is 0 Å². The van der Waals surface area contributed by atoms with Crippen molar-refractivity contribution < 1.29 is 43.3 Å². The van der Waals surface area contributed by atoms with Crippen molar-refractivity contribution >= 4 is 29.8 Å². The topological polar surface area (TPSA) is 169 Å². The Hall–Kier alpha value is -4.61. The van der Waals surface area contributed by atoms with E-state index in [-0.39, 0.29) is 25.9 Å². The van der Waals surface area contributed by atoms with Crippen molar-refractivity contribution in [1.29, 1.82) is 0 Å². The number of carbonyl (C=O) groups is 5. The van der Waals surface area contributed by atoms with Crippen LogP contribution >= 0.6 is 0 Å². The van der Waals surface area contributed by atoms with Gasteiger partial charge in [0.05, 0.1) is 0 Å². The zero-order chi connectivity index (χ0) is 35.4. The molecule has 0 unspecified atom stereocenters. The quantitative estimate of drug-likeness (QED) is 0.201. The molecule has 4 N–H and O–H groups in total. The van der Waals surface area contributed by atoms with Crippen molar-refractivity contribution in [2.24, 2.45) is 5.92 Å². The molecule has 0 fully saturated rings. The van der Waals surface area contributed by atoms with E-state index in [1.54, 1.807) is 83.1 Å². The lowest BCUT2D eigenvalue weighted by atomic mass is 10.0. The van der Waals surface area contributed by atoms with Crippen LogP contribution in [0.25, 0.3) is 0 Å². The van der Waals surface area contributed by atoms with Gasteiger partial charge in [-0.3, -0.25) is 14.4 Å². The molecule has 258 valence electrons. The Morgan fingerprint density at radius 3 is 1.87 bits per heavy atom. The average Bonchev–Trinajstić information content (AvgIpc) is 2.95. The van der Waals surface area contributed by atoms with E-state index in [9.17, 15) is 29.1 Å². The van der Waals surface area contributed by atoms with Crippen LogP contribution in [-0.2, 0) is 41.7 Å². The summed E-state index contributed by atoms with van der Waals surface area (Å²) in [6, 6.07) is 12.3. The summed E-state index contributed by atoms with van der Waals surface area (Å²) in [6.45, 7) is 14.1. The molecule has 3 amide bonds. The predicted octanol–water partition coefficient (Wildman–Crippen LogP) is 4.53. The van der Waals surface area contributed by atoms with Crippen LogP contribution in [0.1, 0.15) is 79.4 Å². The number of aliphatic carboxylic acids is 1. The van der Waals surface area contributed by atoms with Crippen LogP contribution in [0.3, 0.4) is 0 Å². The highest BCUT2D eigenvalue weighted by atomic mass is 16.6. The molecule has 0 radical (unpaired) electrons. The molecule has 0 spiro atoms. The first-order valence-electron chi connectivity index (χ1n) is 15.6. The van der Waals surface area contributed by atoms with E-state index in [1.807, 2.05) is 26.8 Å². The molecule has 0 aromatic heterocycles. The van der Waals surface area contributed by atoms with E-state index >= 15 is 0 Å². The molecule has 3 atom stereocenters. The summed E-state index contributed by atoms with van der Waals surface area (Å²) >= 11 is 0. The number of benzene rings is 2. The highest BCUT2D eigenvalue weighted by molar-refractivity contribution is 5.93. The van der Waals surface area contributed by atoms with Gasteiger partial charge in [-0.05, 0) is 77.1 Å². The number of rotatable bonds is 15. The minimum absolute atomic E-state index is 0.0201. The first-order valence-corrected chi connectivity index (χ1v) is 15.6. The summed E-state index contributed by atoms with van der Waals surface area (Å²) in [6.07, 6.45) is -1.25. The number of nitrogens with one attached hydrogen (secondary N) is 3. The molecule has 0 saturated heterocycles. The van der Waals surface area contributed by atoms with Gasteiger partial charge in [-0.25, -0.2) is 9.59 Å². The van der Waals surface area contributed by atoms with Crippen LogP contribution in [0.2, 0.25) is 0 Å². The van der Waals surface area contributed by atoms with E-state index in [4.69, 9.17) is 14.2 Å². The predicted molar refractivity (Wildman–Crippen MR) is 175 cm³/mol. The van der Waals surface area contributed by atoms with E-state index in [0.29, 0.717) is 11.3 Å². The van der Waals surface area contributed by atoms with Gasteiger partial charge in [-0.15, -0.1) is 0 Å². The van der Waals surface area contributed by atoms with Crippen molar-refractivity contribution in [2.45, 2.75) is 111 Å². The number of carboxylic acid groups (broad SMARTS) is 1. The first kappa shape index (κ1) is 38.6. The Labute approximate surface area is 276 Å². The highest BCUT2D eigenvalue weighted by Crippen LogP contribution is 2.19. The normalized spacial score (nSPS) is 13.5. The number of hydrogen-bond acceptors (Lipinski definition) is 8. The minimum atomic E-state index is -1.32. The maximum Gasteiger partial charge on any atom is 0.408 e. The fraction of sp³-hybridized carbons (Fsp3) is 0.514. The van der Waals surface area contributed by atoms with E-state index in [2.05, 4.69) is 16.0 Å². The van der Waals surface area contributed by atoms with Gasteiger partial charge in [0, 0.05) is 12.8 Å². The van der Waals surface area contributed by atoms with Gasteiger partial charge in [0.2, 0.25) is 11.8 Å². The van der Waals surface area contributed by atoms with Gasteiger partial charge in [-0.2, -0.15) is 0 Å². The van der Waals surface area contributed by atoms with Crippen LogP contribution in [-0.4, -0.2) is 64.3 Å². The molecule has 0 aliphatic rings. The van der Waals surface area contributed by atoms with E-state index in [1.165, 1.54) is 0 Å². The lowest BCUT2D eigenvalue weighted by Gasteiger charge is -2.26. The average molecular weight is 656 g/mol. The second-order valence-corrected chi connectivity index (χ2v) is 13.6. The second-order valence-electron chi connectivity index (χ2n) is 13.6. The van der Waals surface area contributed by atoms with Crippen LogP contribution in [0.15, 0.2) is 54.6 Å². The zero-order valence-electron chi connectivity index (χ0n) is 28.5. The second kappa shape index (κ2) is 17.3. The van der Waals surface area contributed by atoms with Gasteiger partial charge in [0.1, 0.15) is 41.7 Å². The van der Waals surface area contributed by atoms with Crippen LogP contribution in [0, 0.1) is 5.92 Å². The molecule has 0 heterocycles. The lowest BCUT2D eigenvalue weighted by molar-refractivity contribution is -0.155. The molecule has 47 heavy (non-hydrogen) atoms. The van der Waals surface area contributed by atoms with Crippen molar-refractivity contribution in [2.75, 3.05) is 0 Å². The van der Waals surface area contributed by atoms with E-state index in [0.717, 1.165) is 5.56 Å². The fourth-order valence-electron chi connectivity index (χ4n) is 4.36. The van der Waals surface area contributed by atoms with Crippen LogP contribution in [0.4, 0.5) is 4.79 Å². The fourth-order valence-corrected chi connectivity index (χ4v) is 4.36. The molecule has 12 heteroatoms. The summed E-state index contributed by atoms with van der Waals surface area (Å²) in [4.78, 5) is 64.2. The molecule has 2 aromatic carbocycles. The SMILES string of the molecule is CC(C)[C@H](NC(=O)[C@H](CCC(=O)OC(C)(C)C)NC(=O)[C@H](Cc1ccc(OC(C)(C)C)cc1)NC(=O)OCc1ccccc1)C(=O)O. The number of esters is 1. The zero-order valence-corrected chi connectivity index (χ0v) is 28.5. The van der Waals surface area contributed by atoms with Gasteiger partial charge in [0.15, 0.2) is 0 Å². The molecule has 0 saturated carbocycles. The van der Waals surface area contributed by atoms with Crippen molar-refractivity contribution in [3.05, 3.63) is 65.7 Å². The maximum absolute atomic E-state index is 13.7. The Morgan fingerprint density at radius 1 is 0.745 bits per heavy atom. The molecule has 2 aromatic rings. The van der Waals surface area contributed by atoms with Crippen LogP contribution in [0.5, 0.6) is 5.75 Å². The summed E-state index contributed by atoms with van der Waals surface area (Å²) < 4.78 is 16.6. The van der Waals surface area contributed by atoms with Gasteiger partial charge >= 0.3 is 18.0 Å². The van der Waals surface area contributed by atoms with Crippen molar-refractivity contribution in [3.8, 4) is 5.75 Å². The molecule has 0 aliphatic heterocycles. The Bertz CT molecular complexity index is 1350. The van der Waals surface area contributed by atoms with E-state index < -0.39 is 65.1 Å². The summed E-state index contributed by atoms with van der Waals surface area (Å²) in [5.74, 6) is -3.22. The number of amides is 3.